The predicted octanol–water partition coefficient (Wildman–Crippen LogP) is 1.14. The van der Waals surface area contributed by atoms with Gasteiger partial charge in [0.15, 0.2) is 5.16 Å². The molecule has 0 saturated heterocycles. The normalized spacial score (nSPS) is 14.4. The van der Waals surface area contributed by atoms with Crippen molar-refractivity contribution >= 4 is 17.7 Å². The summed E-state index contributed by atoms with van der Waals surface area (Å²) in [6.45, 7) is 4.45. The standard InChI is InChI=1S/C11H20N4O2S/c1-4-6-13-11(2,9(16)17)5-7-18-10-12-8-14-15(10)3/h8,13H,4-7H2,1-3H3,(H,16,17). The van der Waals surface area contributed by atoms with Gasteiger partial charge in [0, 0.05) is 12.8 Å². The zero-order valence-corrected chi connectivity index (χ0v) is 11.8. The Bertz CT molecular complexity index is 396. The quantitative estimate of drug-likeness (QED) is 0.691. The van der Waals surface area contributed by atoms with Crippen LogP contribution in [-0.4, -0.2) is 43.7 Å². The number of rotatable bonds is 8. The molecule has 1 unspecified atom stereocenters. The van der Waals surface area contributed by atoms with Gasteiger partial charge < -0.3 is 10.4 Å². The molecule has 18 heavy (non-hydrogen) atoms. The molecule has 6 nitrogen and oxygen atoms in total. The van der Waals surface area contributed by atoms with Crippen LogP contribution in [0.3, 0.4) is 0 Å². The molecule has 1 rings (SSSR count). The summed E-state index contributed by atoms with van der Waals surface area (Å²) in [5.41, 5.74) is -0.873. The van der Waals surface area contributed by atoms with Gasteiger partial charge in [-0.05, 0) is 26.3 Å². The second kappa shape index (κ2) is 6.75. The smallest absolute Gasteiger partial charge is 0.323 e. The zero-order chi connectivity index (χ0) is 13.6. The topological polar surface area (TPSA) is 80.0 Å². The number of aliphatic carboxylic acids is 1. The Labute approximate surface area is 111 Å². The van der Waals surface area contributed by atoms with E-state index in [1.807, 2.05) is 14.0 Å². The van der Waals surface area contributed by atoms with Crippen LogP contribution < -0.4 is 5.32 Å². The van der Waals surface area contributed by atoms with Gasteiger partial charge in [0.05, 0.1) is 0 Å². The number of hydrogen-bond donors (Lipinski definition) is 2. The van der Waals surface area contributed by atoms with Crippen LogP contribution in [0.25, 0.3) is 0 Å². The fourth-order valence-electron chi connectivity index (χ4n) is 1.43. The minimum absolute atomic E-state index is 0.542. The zero-order valence-electron chi connectivity index (χ0n) is 11.0. The highest BCUT2D eigenvalue weighted by atomic mass is 32.2. The number of nitrogens with zero attached hydrogens (tertiary/aromatic N) is 3. The van der Waals surface area contributed by atoms with Gasteiger partial charge in [0.1, 0.15) is 11.9 Å². The summed E-state index contributed by atoms with van der Waals surface area (Å²) < 4.78 is 1.68. The Hall–Kier alpha value is -1.08. The average molecular weight is 272 g/mol. The Morgan fingerprint density at radius 3 is 2.89 bits per heavy atom. The first-order chi connectivity index (χ1) is 8.49. The summed E-state index contributed by atoms with van der Waals surface area (Å²) >= 11 is 1.52. The summed E-state index contributed by atoms with van der Waals surface area (Å²) in [4.78, 5) is 15.4. The molecule has 0 aliphatic carbocycles. The molecule has 0 saturated carbocycles. The third kappa shape index (κ3) is 3.99. The number of aryl methyl sites for hydroxylation is 1. The number of carboxylic acids is 1. The van der Waals surface area contributed by atoms with Crippen LogP contribution in [-0.2, 0) is 11.8 Å². The lowest BCUT2D eigenvalue weighted by Gasteiger charge is -2.25. The highest BCUT2D eigenvalue weighted by Crippen LogP contribution is 2.19. The molecule has 1 atom stereocenters. The van der Waals surface area contributed by atoms with Crippen molar-refractivity contribution in [3.63, 3.8) is 0 Å². The van der Waals surface area contributed by atoms with Crippen molar-refractivity contribution < 1.29 is 9.90 Å². The number of carboxylic acid groups (broad SMARTS) is 1. The Morgan fingerprint density at radius 2 is 2.39 bits per heavy atom. The third-order valence-corrected chi connectivity index (χ3v) is 3.78. The summed E-state index contributed by atoms with van der Waals surface area (Å²) in [5, 5.41) is 17.1. The number of nitrogens with one attached hydrogen (secondary N) is 1. The molecular formula is C11H20N4O2S. The second-order valence-corrected chi connectivity index (χ2v) is 5.39. The molecular weight excluding hydrogens is 252 g/mol. The van der Waals surface area contributed by atoms with Gasteiger partial charge >= 0.3 is 5.97 Å². The molecule has 0 amide bonds. The molecule has 0 radical (unpaired) electrons. The SMILES string of the molecule is CCCNC(C)(CCSc1ncnn1C)C(=O)O. The van der Waals surface area contributed by atoms with Crippen molar-refractivity contribution in [2.45, 2.75) is 37.4 Å². The van der Waals surface area contributed by atoms with Crippen LogP contribution >= 0.6 is 11.8 Å². The summed E-state index contributed by atoms with van der Waals surface area (Å²) in [6, 6.07) is 0. The monoisotopic (exact) mass is 272 g/mol. The highest BCUT2D eigenvalue weighted by molar-refractivity contribution is 7.99. The highest BCUT2D eigenvalue weighted by Gasteiger charge is 2.31. The van der Waals surface area contributed by atoms with Crippen LogP contribution in [0.2, 0.25) is 0 Å². The van der Waals surface area contributed by atoms with E-state index in [1.165, 1.54) is 18.1 Å². The molecule has 1 heterocycles. The van der Waals surface area contributed by atoms with Crippen LogP contribution in [0.4, 0.5) is 0 Å². The summed E-state index contributed by atoms with van der Waals surface area (Å²) in [7, 11) is 1.82. The first-order valence-corrected chi connectivity index (χ1v) is 6.93. The van der Waals surface area contributed by atoms with Crippen molar-refractivity contribution in [3.05, 3.63) is 6.33 Å². The van der Waals surface area contributed by atoms with E-state index in [0.29, 0.717) is 18.7 Å². The Kier molecular flexibility index (Phi) is 5.61. The maximum absolute atomic E-state index is 11.3. The van der Waals surface area contributed by atoms with Crippen molar-refractivity contribution in [2.24, 2.45) is 7.05 Å². The van der Waals surface area contributed by atoms with Crippen molar-refractivity contribution in [2.75, 3.05) is 12.3 Å². The van der Waals surface area contributed by atoms with Crippen molar-refractivity contribution in [1.82, 2.24) is 20.1 Å². The van der Waals surface area contributed by atoms with E-state index in [-0.39, 0.29) is 0 Å². The fourth-order valence-corrected chi connectivity index (χ4v) is 2.48. The van der Waals surface area contributed by atoms with Crippen LogP contribution in [0.5, 0.6) is 0 Å². The Morgan fingerprint density at radius 1 is 1.67 bits per heavy atom. The first-order valence-electron chi connectivity index (χ1n) is 5.95. The van der Waals surface area contributed by atoms with E-state index in [0.717, 1.165) is 11.6 Å². The maximum Gasteiger partial charge on any atom is 0.323 e. The average Bonchev–Trinajstić information content (AvgIpc) is 2.72. The lowest BCUT2D eigenvalue weighted by Crippen LogP contribution is -2.50. The second-order valence-electron chi connectivity index (χ2n) is 4.33. The molecule has 0 bridgehead atoms. The third-order valence-electron chi connectivity index (χ3n) is 2.74. The van der Waals surface area contributed by atoms with Gasteiger partial charge in [0.25, 0.3) is 0 Å². The number of carbonyl (C=O) groups is 1. The molecule has 1 aromatic rings. The molecule has 1 aromatic heterocycles. The molecule has 0 aromatic carbocycles. The number of hydrogen-bond acceptors (Lipinski definition) is 5. The minimum atomic E-state index is -0.873. The van der Waals surface area contributed by atoms with Gasteiger partial charge in [-0.25, -0.2) is 9.67 Å². The molecule has 2 N–H and O–H groups in total. The molecule has 0 fully saturated rings. The van der Waals surface area contributed by atoms with Gasteiger partial charge in [-0.3, -0.25) is 4.79 Å². The largest absolute Gasteiger partial charge is 0.480 e. The molecule has 102 valence electrons. The van der Waals surface area contributed by atoms with E-state index < -0.39 is 11.5 Å². The van der Waals surface area contributed by atoms with E-state index in [4.69, 9.17) is 0 Å². The lowest BCUT2D eigenvalue weighted by atomic mass is 9.99. The number of aromatic nitrogens is 3. The molecule has 0 spiro atoms. The maximum atomic E-state index is 11.3. The molecule has 7 heteroatoms. The van der Waals surface area contributed by atoms with E-state index in [2.05, 4.69) is 15.4 Å². The Balaban J connectivity index is 2.47. The van der Waals surface area contributed by atoms with Gasteiger partial charge in [-0.15, -0.1) is 0 Å². The number of thioether (sulfide) groups is 1. The van der Waals surface area contributed by atoms with Crippen molar-refractivity contribution in [3.8, 4) is 0 Å². The van der Waals surface area contributed by atoms with E-state index in [1.54, 1.807) is 11.6 Å². The summed E-state index contributed by atoms with van der Waals surface area (Å²) in [5.74, 6) is -0.124. The minimum Gasteiger partial charge on any atom is -0.480 e. The van der Waals surface area contributed by atoms with Crippen molar-refractivity contribution in [1.29, 1.82) is 0 Å². The first kappa shape index (κ1) is 15.0. The van der Waals surface area contributed by atoms with Gasteiger partial charge in [-0.1, -0.05) is 18.7 Å². The van der Waals surface area contributed by atoms with E-state index >= 15 is 0 Å². The molecule has 0 aliphatic rings. The van der Waals surface area contributed by atoms with E-state index in [9.17, 15) is 9.90 Å². The predicted molar refractivity (Wildman–Crippen MR) is 70.7 cm³/mol. The van der Waals surface area contributed by atoms with Gasteiger partial charge in [0.2, 0.25) is 0 Å². The fraction of sp³-hybridized carbons (Fsp3) is 0.727. The van der Waals surface area contributed by atoms with Crippen LogP contribution in [0.15, 0.2) is 11.5 Å². The summed E-state index contributed by atoms with van der Waals surface area (Å²) in [6.07, 6.45) is 2.95. The van der Waals surface area contributed by atoms with Crippen LogP contribution in [0.1, 0.15) is 26.7 Å². The lowest BCUT2D eigenvalue weighted by molar-refractivity contribution is -0.144. The molecule has 0 aliphatic heterocycles. The van der Waals surface area contributed by atoms with Gasteiger partial charge in [-0.2, -0.15) is 5.10 Å². The van der Waals surface area contributed by atoms with Crippen LogP contribution in [0, 0.1) is 0 Å².